The molecule has 2 rings (SSSR count). The van der Waals surface area contributed by atoms with E-state index in [9.17, 15) is 15.0 Å². The summed E-state index contributed by atoms with van der Waals surface area (Å²) in [6, 6.07) is 6.60. The molecule has 0 aliphatic carbocycles. The lowest BCUT2D eigenvalue weighted by atomic mass is 9.96. The minimum absolute atomic E-state index is 0.0468. The van der Waals surface area contributed by atoms with Crippen LogP contribution in [0, 0.1) is 0 Å². The minimum atomic E-state index is -2.21. The molecule has 1 amide bonds. The Morgan fingerprint density at radius 1 is 0.961 bits per heavy atom. The van der Waals surface area contributed by atoms with Gasteiger partial charge in [0.2, 0.25) is 3.79 Å². The van der Waals surface area contributed by atoms with Gasteiger partial charge in [-0.2, -0.15) is 0 Å². The number of nitrogens with one attached hydrogen (secondary N) is 1. The van der Waals surface area contributed by atoms with Gasteiger partial charge in [0.1, 0.15) is 36.7 Å². The Morgan fingerprint density at radius 2 is 1.57 bits per heavy atom. The molecule has 1 aliphatic rings. The third kappa shape index (κ3) is 17.9. The lowest BCUT2D eigenvalue weighted by molar-refractivity contribution is -0.261. The van der Waals surface area contributed by atoms with Crippen LogP contribution < -0.4 is 10.1 Å². The van der Waals surface area contributed by atoms with E-state index in [2.05, 4.69) is 46.1 Å². The molecule has 1 heterocycles. The van der Waals surface area contributed by atoms with Crippen molar-refractivity contribution in [1.82, 2.24) is 5.32 Å². The molecule has 6 atom stereocenters. The maximum Gasteiger partial charge on any atom is 0.407 e. The van der Waals surface area contributed by atoms with Gasteiger partial charge in [-0.25, -0.2) is 4.79 Å². The van der Waals surface area contributed by atoms with Crippen LogP contribution in [-0.4, -0.2) is 92.1 Å². The van der Waals surface area contributed by atoms with Gasteiger partial charge in [-0.1, -0.05) is 132 Å². The number of benzene rings is 1. The summed E-state index contributed by atoms with van der Waals surface area (Å²) >= 11 is 17.2. The van der Waals surface area contributed by atoms with Crippen molar-refractivity contribution in [3.05, 3.63) is 29.8 Å². The second kappa shape index (κ2) is 23.1. The lowest BCUT2D eigenvalue weighted by Gasteiger charge is -2.44. The van der Waals surface area contributed by atoms with Crippen molar-refractivity contribution in [2.75, 3.05) is 26.9 Å². The summed E-state index contributed by atoms with van der Waals surface area (Å²) in [5.41, 5.74) is 1.03. The van der Waals surface area contributed by atoms with Gasteiger partial charge in [0, 0.05) is 6.61 Å². The predicted octanol–water partition coefficient (Wildman–Crippen LogP) is 8.84. The molecule has 0 radical (unpaired) electrons. The van der Waals surface area contributed by atoms with Crippen LogP contribution in [0.3, 0.4) is 0 Å². The molecule has 1 fully saturated rings. The third-order valence-electron chi connectivity index (χ3n) is 9.78. The van der Waals surface area contributed by atoms with E-state index in [1.807, 2.05) is 24.3 Å². The number of hydrogen-bond acceptors (Lipinski definition) is 9. The van der Waals surface area contributed by atoms with E-state index in [4.69, 9.17) is 62.9 Å². The Morgan fingerprint density at radius 3 is 2.14 bits per heavy atom. The van der Waals surface area contributed by atoms with Crippen molar-refractivity contribution < 1.29 is 43.1 Å². The predicted molar refractivity (Wildman–Crippen MR) is 206 cm³/mol. The van der Waals surface area contributed by atoms with Crippen LogP contribution in [0.4, 0.5) is 4.79 Å². The molecule has 0 aromatic heterocycles. The number of aliphatic hydroxyl groups excluding tert-OH is 2. The summed E-state index contributed by atoms with van der Waals surface area (Å²) in [6.45, 7) is 12.9. The highest BCUT2D eigenvalue weighted by atomic mass is 35.6. The summed E-state index contributed by atoms with van der Waals surface area (Å²) in [7, 11) is -0.575. The molecule has 1 aliphatic heterocycles. The van der Waals surface area contributed by atoms with Crippen LogP contribution in [-0.2, 0) is 30.0 Å². The van der Waals surface area contributed by atoms with Crippen LogP contribution in [0.1, 0.15) is 104 Å². The Labute approximate surface area is 322 Å². The molecule has 296 valence electrons. The molecule has 0 unspecified atom stereocenters. The topological polar surface area (TPSA) is 125 Å². The molecule has 3 N–H and O–H groups in total. The second-order valence-corrected chi connectivity index (χ2v) is 22.3. The maximum absolute atomic E-state index is 12.6. The Kier molecular flexibility index (Phi) is 21.0. The average molecular weight is 801 g/mol. The fourth-order valence-electron chi connectivity index (χ4n) is 5.52. The maximum atomic E-state index is 12.6. The molecule has 10 nitrogen and oxygen atoms in total. The van der Waals surface area contributed by atoms with Crippen LogP contribution in [0.15, 0.2) is 24.3 Å². The number of aliphatic hydroxyl groups is 2. The Hall–Kier alpha value is -0.863. The van der Waals surface area contributed by atoms with E-state index in [-0.39, 0.29) is 24.4 Å². The van der Waals surface area contributed by atoms with Crippen molar-refractivity contribution >= 4 is 49.2 Å². The van der Waals surface area contributed by atoms with E-state index < -0.39 is 55.5 Å². The van der Waals surface area contributed by atoms with Crippen molar-refractivity contribution in [2.45, 2.75) is 164 Å². The number of unbranched alkanes of at least 4 members (excludes halogenated alkanes) is 8. The van der Waals surface area contributed by atoms with E-state index in [0.717, 1.165) is 30.6 Å². The average Bonchev–Trinajstić information content (AvgIpc) is 3.06. The number of alkyl halides is 3. The standard InChI is InChI=1S/C37H64Cl3NO9Si/c1-8-9-10-11-12-13-14-15-16-17-29(47-24-27-18-20-28(45-5)21-19-27)22-23-46-33-31(41-35(44)48-26-37(38,39)40)34(43)50-30(32(33)42)25-49-51(6,7)36(2,3)4/h18-21,29-34,42-43H,8-17,22-26H2,1-7H3,(H,41,44)/t29-,30-,31-,32-,33-,34+/m1/s1. The van der Waals surface area contributed by atoms with Crippen molar-refractivity contribution in [3.8, 4) is 5.75 Å². The monoisotopic (exact) mass is 799 g/mol. The molecule has 0 saturated carbocycles. The molecule has 1 saturated heterocycles. The fourth-order valence-corrected chi connectivity index (χ4v) is 6.70. The summed E-state index contributed by atoms with van der Waals surface area (Å²) in [5.74, 6) is 0.781. The number of ether oxygens (including phenoxy) is 5. The third-order valence-corrected chi connectivity index (χ3v) is 14.6. The molecule has 0 spiro atoms. The van der Waals surface area contributed by atoms with Crippen LogP contribution in [0.5, 0.6) is 5.75 Å². The zero-order valence-corrected chi connectivity index (χ0v) is 35.0. The SMILES string of the molecule is CCCCCCCCCCC[C@H](CCO[C@H]1[C@H](O)[C@@H](CO[Si](C)(C)C(C)(C)C)O[C@H](O)[C@@H]1NC(=O)OCC(Cl)(Cl)Cl)OCc1ccc(OC)cc1. The van der Waals surface area contributed by atoms with Crippen LogP contribution >= 0.6 is 34.8 Å². The summed E-state index contributed by atoms with van der Waals surface area (Å²) in [5, 5.41) is 25.0. The largest absolute Gasteiger partial charge is 0.497 e. The van der Waals surface area contributed by atoms with Gasteiger partial charge in [-0.05, 0) is 48.7 Å². The van der Waals surface area contributed by atoms with Gasteiger partial charge in [0.05, 0.1) is 26.4 Å². The number of amides is 1. The number of carbonyl (C=O) groups excluding carboxylic acids is 1. The quantitative estimate of drug-likeness (QED) is 0.0566. The van der Waals surface area contributed by atoms with Crippen molar-refractivity contribution in [2.24, 2.45) is 0 Å². The number of alkyl carbamates (subject to hydrolysis) is 1. The van der Waals surface area contributed by atoms with Gasteiger partial charge in [-0.15, -0.1) is 0 Å². The lowest BCUT2D eigenvalue weighted by Crippen LogP contribution is -2.65. The van der Waals surface area contributed by atoms with E-state index in [0.29, 0.717) is 13.0 Å². The smallest absolute Gasteiger partial charge is 0.407 e. The highest BCUT2D eigenvalue weighted by Gasteiger charge is 2.48. The molecule has 0 bridgehead atoms. The molecule has 14 heteroatoms. The van der Waals surface area contributed by atoms with Gasteiger partial charge in [0.25, 0.3) is 0 Å². The summed E-state index contributed by atoms with van der Waals surface area (Å²) in [4.78, 5) is 12.6. The van der Waals surface area contributed by atoms with E-state index in [1.165, 1.54) is 44.9 Å². The fraction of sp³-hybridized carbons (Fsp3) is 0.811. The van der Waals surface area contributed by atoms with Gasteiger partial charge in [0.15, 0.2) is 14.6 Å². The molecule has 51 heavy (non-hydrogen) atoms. The van der Waals surface area contributed by atoms with Crippen LogP contribution in [0.25, 0.3) is 0 Å². The molecular formula is C37H64Cl3NO9Si. The zero-order valence-electron chi connectivity index (χ0n) is 31.8. The Balaban J connectivity index is 2.11. The number of hydrogen-bond donors (Lipinski definition) is 3. The first-order chi connectivity index (χ1) is 24.0. The normalized spacial score (nSPS) is 22.1. The highest BCUT2D eigenvalue weighted by molar-refractivity contribution is 6.74. The number of halogens is 3. The molecule has 1 aromatic carbocycles. The Bertz CT molecular complexity index is 1100. The van der Waals surface area contributed by atoms with Crippen molar-refractivity contribution in [1.29, 1.82) is 0 Å². The van der Waals surface area contributed by atoms with E-state index in [1.54, 1.807) is 7.11 Å². The zero-order chi connectivity index (χ0) is 38.1. The minimum Gasteiger partial charge on any atom is -0.497 e. The first-order valence-corrected chi connectivity index (χ1v) is 22.5. The van der Waals surface area contributed by atoms with Gasteiger partial charge < -0.3 is 43.6 Å². The first-order valence-electron chi connectivity index (χ1n) is 18.5. The molecular weight excluding hydrogens is 737 g/mol. The number of methoxy groups -OCH3 is 1. The number of carbonyl (C=O) groups is 1. The first kappa shape index (κ1) is 46.3. The molecule has 1 aromatic rings. The van der Waals surface area contributed by atoms with Crippen molar-refractivity contribution in [3.63, 3.8) is 0 Å². The van der Waals surface area contributed by atoms with E-state index >= 15 is 0 Å². The highest BCUT2D eigenvalue weighted by Crippen LogP contribution is 2.37. The van der Waals surface area contributed by atoms with Crippen LogP contribution in [0.2, 0.25) is 18.1 Å². The number of rotatable bonds is 23. The van der Waals surface area contributed by atoms with Gasteiger partial charge >= 0.3 is 6.09 Å². The summed E-state index contributed by atoms with van der Waals surface area (Å²) < 4.78 is 33.3. The summed E-state index contributed by atoms with van der Waals surface area (Å²) in [6.07, 6.45) is 6.60. The second-order valence-electron chi connectivity index (χ2n) is 15.0. The van der Waals surface area contributed by atoms with Gasteiger partial charge in [-0.3, -0.25) is 0 Å².